The maximum Gasteiger partial charge on any atom is 0.307 e. The Morgan fingerprint density at radius 3 is 2.20 bits per heavy atom. The van der Waals surface area contributed by atoms with E-state index in [1.165, 1.54) is 6.92 Å². The van der Waals surface area contributed by atoms with Crippen molar-refractivity contribution in [2.75, 3.05) is 6.54 Å². The van der Waals surface area contributed by atoms with Gasteiger partial charge in [-0.2, -0.15) is 0 Å². The van der Waals surface area contributed by atoms with Crippen LogP contribution in [0.25, 0.3) is 0 Å². The van der Waals surface area contributed by atoms with Crippen molar-refractivity contribution in [2.24, 2.45) is 11.8 Å². The lowest BCUT2D eigenvalue weighted by Crippen LogP contribution is -2.38. The summed E-state index contributed by atoms with van der Waals surface area (Å²) in [5.41, 5.74) is 0. The van der Waals surface area contributed by atoms with E-state index in [2.05, 4.69) is 5.32 Å². The smallest absolute Gasteiger partial charge is 0.307 e. The summed E-state index contributed by atoms with van der Waals surface area (Å²) >= 11 is 0. The predicted molar refractivity (Wildman–Crippen MR) is 55.3 cm³/mol. The molecule has 0 heterocycles. The molecule has 3 atom stereocenters. The van der Waals surface area contributed by atoms with Crippen LogP contribution < -0.4 is 5.32 Å². The highest BCUT2D eigenvalue weighted by molar-refractivity contribution is 5.84. The molecule has 0 aliphatic rings. The fourth-order valence-electron chi connectivity index (χ4n) is 0.965. The second-order valence-electron chi connectivity index (χ2n) is 3.72. The zero-order chi connectivity index (χ0) is 12.0. The van der Waals surface area contributed by atoms with Crippen LogP contribution in [0.2, 0.25) is 0 Å². The highest BCUT2D eigenvalue weighted by Gasteiger charge is 2.25. The normalized spacial score (nSPS) is 16.5. The van der Waals surface area contributed by atoms with Crippen LogP contribution in [0.4, 0.5) is 0 Å². The fraction of sp³-hybridized carbons (Fsp3) is 0.800. The molecule has 0 fully saturated rings. The topological polar surface area (TPSA) is 86.6 Å². The van der Waals surface area contributed by atoms with Gasteiger partial charge < -0.3 is 15.5 Å². The SMILES string of the molecule is CCC(O)CNC(=O)C(C)C(C)C(=O)O. The quantitative estimate of drug-likeness (QED) is 0.594. The first-order valence-corrected chi connectivity index (χ1v) is 5.08. The van der Waals surface area contributed by atoms with Crippen molar-refractivity contribution in [3.63, 3.8) is 0 Å². The number of amides is 1. The van der Waals surface area contributed by atoms with Crippen LogP contribution in [-0.4, -0.2) is 34.7 Å². The van der Waals surface area contributed by atoms with Crippen LogP contribution in [0.15, 0.2) is 0 Å². The number of hydrogen-bond donors (Lipinski definition) is 3. The van der Waals surface area contributed by atoms with Crippen molar-refractivity contribution in [1.82, 2.24) is 5.32 Å². The van der Waals surface area contributed by atoms with Gasteiger partial charge in [0.25, 0.3) is 0 Å². The third-order valence-corrected chi connectivity index (χ3v) is 2.54. The van der Waals surface area contributed by atoms with E-state index in [4.69, 9.17) is 5.11 Å². The molecule has 0 bridgehead atoms. The molecule has 5 heteroatoms. The predicted octanol–water partition coefficient (Wildman–Crippen LogP) is 0.230. The van der Waals surface area contributed by atoms with Gasteiger partial charge in [0.05, 0.1) is 12.0 Å². The van der Waals surface area contributed by atoms with E-state index in [0.717, 1.165) is 0 Å². The summed E-state index contributed by atoms with van der Waals surface area (Å²) in [6.45, 7) is 5.03. The first-order valence-electron chi connectivity index (χ1n) is 5.08. The van der Waals surface area contributed by atoms with Crippen molar-refractivity contribution in [1.29, 1.82) is 0 Å². The van der Waals surface area contributed by atoms with Gasteiger partial charge in [-0.05, 0) is 6.42 Å². The number of carbonyl (C=O) groups excluding carboxylic acids is 1. The third kappa shape index (κ3) is 4.78. The molecular weight excluding hydrogens is 198 g/mol. The number of aliphatic hydroxyl groups excluding tert-OH is 1. The van der Waals surface area contributed by atoms with Crippen LogP contribution in [0.1, 0.15) is 27.2 Å². The summed E-state index contributed by atoms with van der Waals surface area (Å²) < 4.78 is 0. The number of hydrogen-bond acceptors (Lipinski definition) is 3. The van der Waals surface area contributed by atoms with Crippen molar-refractivity contribution >= 4 is 11.9 Å². The monoisotopic (exact) mass is 217 g/mol. The van der Waals surface area contributed by atoms with Crippen LogP contribution >= 0.6 is 0 Å². The lowest BCUT2D eigenvalue weighted by atomic mass is 9.95. The molecule has 0 aliphatic carbocycles. The molecular formula is C10H19NO4. The molecule has 0 radical (unpaired) electrons. The highest BCUT2D eigenvalue weighted by Crippen LogP contribution is 2.10. The zero-order valence-corrected chi connectivity index (χ0v) is 9.36. The summed E-state index contributed by atoms with van der Waals surface area (Å²) in [5, 5.41) is 20.4. The summed E-state index contributed by atoms with van der Waals surface area (Å²) in [6.07, 6.45) is -0.00958. The number of carboxylic acid groups (broad SMARTS) is 1. The number of aliphatic carboxylic acids is 1. The molecule has 1 amide bonds. The number of aliphatic hydroxyl groups is 1. The summed E-state index contributed by atoms with van der Waals surface area (Å²) in [5.74, 6) is -2.64. The Hall–Kier alpha value is -1.10. The van der Waals surface area contributed by atoms with Crippen molar-refractivity contribution < 1.29 is 19.8 Å². The molecule has 0 spiro atoms. The van der Waals surface area contributed by atoms with Crippen LogP contribution in [-0.2, 0) is 9.59 Å². The summed E-state index contributed by atoms with van der Waals surface area (Å²) in [6, 6.07) is 0. The van der Waals surface area contributed by atoms with Crippen molar-refractivity contribution in [2.45, 2.75) is 33.3 Å². The average molecular weight is 217 g/mol. The van der Waals surface area contributed by atoms with Gasteiger partial charge in [0, 0.05) is 12.5 Å². The minimum Gasteiger partial charge on any atom is -0.481 e. The lowest BCUT2D eigenvalue weighted by Gasteiger charge is -2.17. The van der Waals surface area contributed by atoms with E-state index in [1.807, 2.05) is 0 Å². The van der Waals surface area contributed by atoms with Gasteiger partial charge in [-0.1, -0.05) is 20.8 Å². The summed E-state index contributed by atoms with van der Waals surface area (Å²) in [4.78, 5) is 22.0. The van der Waals surface area contributed by atoms with Gasteiger partial charge in [-0.25, -0.2) is 0 Å². The molecule has 0 aromatic carbocycles. The molecule has 0 saturated carbocycles. The summed E-state index contributed by atoms with van der Waals surface area (Å²) in [7, 11) is 0. The minimum absolute atomic E-state index is 0.173. The van der Waals surface area contributed by atoms with Gasteiger partial charge >= 0.3 is 5.97 Å². The van der Waals surface area contributed by atoms with Crippen LogP contribution in [0.3, 0.4) is 0 Å². The Kier molecular flexibility index (Phi) is 5.93. The van der Waals surface area contributed by atoms with E-state index >= 15 is 0 Å². The first kappa shape index (κ1) is 13.9. The van der Waals surface area contributed by atoms with Crippen molar-refractivity contribution in [3.05, 3.63) is 0 Å². The molecule has 0 aliphatic heterocycles. The number of carboxylic acids is 1. The van der Waals surface area contributed by atoms with Gasteiger partial charge in [0.1, 0.15) is 0 Å². The van der Waals surface area contributed by atoms with Crippen LogP contribution in [0.5, 0.6) is 0 Å². The number of rotatable bonds is 6. The Morgan fingerprint density at radius 2 is 1.80 bits per heavy atom. The maximum absolute atomic E-state index is 11.4. The van der Waals surface area contributed by atoms with E-state index in [1.54, 1.807) is 13.8 Å². The van der Waals surface area contributed by atoms with E-state index < -0.39 is 23.9 Å². The molecule has 0 aromatic rings. The Balaban J connectivity index is 4.05. The Morgan fingerprint density at radius 1 is 1.27 bits per heavy atom. The molecule has 3 N–H and O–H groups in total. The lowest BCUT2D eigenvalue weighted by molar-refractivity contribution is -0.146. The second kappa shape index (κ2) is 6.40. The molecule has 15 heavy (non-hydrogen) atoms. The van der Waals surface area contributed by atoms with Gasteiger partial charge in [0.2, 0.25) is 5.91 Å². The second-order valence-corrected chi connectivity index (χ2v) is 3.72. The fourth-order valence-corrected chi connectivity index (χ4v) is 0.965. The van der Waals surface area contributed by atoms with E-state index in [0.29, 0.717) is 6.42 Å². The van der Waals surface area contributed by atoms with E-state index in [-0.39, 0.29) is 12.5 Å². The highest BCUT2D eigenvalue weighted by atomic mass is 16.4. The van der Waals surface area contributed by atoms with Gasteiger partial charge in [-0.3, -0.25) is 9.59 Å². The zero-order valence-electron chi connectivity index (χ0n) is 9.36. The van der Waals surface area contributed by atoms with Gasteiger partial charge in [-0.15, -0.1) is 0 Å². The molecule has 0 aromatic heterocycles. The molecule has 0 rings (SSSR count). The largest absolute Gasteiger partial charge is 0.481 e. The first-order chi connectivity index (χ1) is 6.90. The average Bonchev–Trinajstić information content (AvgIpc) is 2.22. The Labute approximate surface area is 89.5 Å². The molecule has 88 valence electrons. The van der Waals surface area contributed by atoms with Crippen molar-refractivity contribution in [3.8, 4) is 0 Å². The van der Waals surface area contributed by atoms with E-state index in [9.17, 15) is 14.7 Å². The molecule has 0 saturated heterocycles. The Bertz CT molecular complexity index is 229. The third-order valence-electron chi connectivity index (χ3n) is 2.54. The standard InChI is InChI=1S/C10H19NO4/c1-4-8(12)5-11-9(13)6(2)7(3)10(14)15/h6-8,12H,4-5H2,1-3H3,(H,11,13)(H,14,15). The van der Waals surface area contributed by atoms with Crippen LogP contribution in [0, 0.1) is 11.8 Å². The number of nitrogens with one attached hydrogen (secondary N) is 1. The number of carbonyl (C=O) groups is 2. The molecule has 5 nitrogen and oxygen atoms in total. The molecule has 3 unspecified atom stereocenters. The van der Waals surface area contributed by atoms with Gasteiger partial charge in [0.15, 0.2) is 0 Å². The maximum atomic E-state index is 11.4. The minimum atomic E-state index is -0.992.